The molecule has 0 atom stereocenters. The van der Waals surface area contributed by atoms with Crippen molar-refractivity contribution in [3.8, 4) is 5.75 Å². The molecule has 0 spiro atoms. The summed E-state index contributed by atoms with van der Waals surface area (Å²) in [5.74, 6) is -1.47. The molecule has 0 bridgehead atoms. The Morgan fingerprint density at radius 3 is 2.56 bits per heavy atom. The molecule has 0 unspecified atom stereocenters. The van der Waals surface area contributed by atoms with E-state index in [1.54, 1.807) is 24.3 Å². The standard InChI is InChI=1S/C21H16N4O7/c26-19(13-22-20(27)18-5-2-10-31-18)24-23-12-14-3-1-4-17(11-14)32-21(28)15-6-8-16(9-7-15)25(29)30/h1-12H,13H2,(H,22,27)(H,24,26)/b23-12+. The Bertz CT molecular complexity index is 1160. The fraction of sp³-hybridized carbons (Fsp3) is 0.0476. The number of rotatable bonds is 8. The van der Waals surface area contributed by atoms with Crippen molar-refractivity contribution in [3.05, 3.63) is 93.9 Å². The van der Waals surface area contributed by atoms with Crippen molar-refractivity contribution in [2.24, 2.45) is 5.10 Å². The molecule has 32 heavy (non-hydrogen) atoms. The first-order chi connectivity index (χ1) is 15.4. The average Bonchev–Trinajstić information content (AvgIpc) is 3.33. The molecular formula is C21H16N4O7. The van der Waals surface area contributed by atoms with E-state index in [0.717, 1.165) is 0 Å². The van der Waals surface area contributed by atoms with E-state index in [2.05, 4.69) is 15.8 Å². The zero-order valence-electron chi connectivity index (χ0n) is 16.4. The molecule has 11 heteroatoms. The Kier molecular flexibility index (Phi) is 7.05. The summed E-state index contributed by atoms with van der Waals surface area (Å²) in [6, 6.07) is 14.4. The van der Waals surface area contributed by atoms with Gasteiger partial charge in [0.25, 0.3) is 17.5 Å². The maximum Gasteiger partial charge on any atom is 0.343 e. The Hall–Kier alpha value is -4.80. The van der Waals surface area contributed by atoms with Gasteiger partial charge in [-0.2, -0.15) is 5.10 Å². The van der Waals surface area contributed by atoms with Crippen molar-refractivity contribution >= 4 is 29.7 Å². The molecule has 2 amide bonds. The number of nitro groups is 1. The number of carbonyl (C=O) groups excluding carboxylic acids is 3. The summed E-state index contributed by atoms with van der Waals surface area (Å²) >= 11 is 0. The normalized spacial score (nSPS) is 10.5. The number of hydrogen-bond donors (Lipinski definition) is 2. The van der Waals surface area contributed by atoms with Crippen LogP contribution in [-0.4, -0.2) is 35.5 Å². The van der Waals surface area contributed by atoms with Crippen LogP contribution in [0.1, 0.15) is 26.5 Å². The molecule has 0 aliphatic rings. The van der Waals surface area contributed by atoms with Crippen molar-refractivity contribution < 1.29 is 28.5 Å². The van der Waals surface area contributed by atoms with Crippen LogP contribution in [0.25, 0.3) is 0 Å². The summed E-state index contributed by atoms with van der Waals surface area (Å²) in [6.45, 7) is -0.302. The van der Waals surface area contributed by atoms with Crippen LogP contribution >= 0.6 is 0 Å². The van der Waals surface area contributed by atoms with E-state index >= 15 is 0 Å². The highest BCUT2D eigenvalue weighted by atomic mass is 16.6. The number of hydrogen-bond acceptors (Lipinski definition) is 8. The van der Waals surface area contributed by atoms with Crippen molar-refractivity contribution in [3.63, 3.8) is 0 Å². The number of nitro benzene ring substituents is 1. The topological polar surface area (TPSA) is 153 Å². The van der Waals surface area contributed by atoms with Gasteiger partial charge in [0.2, 0.25) is 0 Å². The van der Waals surface area contributed by atoms with Crippen LogP contribution in [0.5, 0.6) is 5.75 Å². The second-order valence-corrected chi connectivity index (χ2v) is 6.22. The minimum atomic E-state index is -0.686. The first kappa shape index (κ1) is 21.9. The van der Waals surface area contributed by atoms with Gasteiger partial charge in [0, 0.05) is 12.1 Å². The molecule has 3 aromatic rings. The fourth-order valence-corrected chi connectivity index (χ4v) is 2.42. The lowest BCUT2D eigenvalue weighted by molar-refractivity contribution is -0.384. The minimum Gasteiger partial charge on any atom is -0.459 e. The van der Waals surface area contributed by atoms with Crippen LogP contribution in [0.15, 0.2) is 76.4 Å². The van der Waals surface area contributed by atoms with Crippen LogP contribution in [0.2, 0.25) is 0 Å². The number of furan rings is 1. The molecule has 2 N–H and O–H groups in total. The maximum atomic E-state index is 12.2. The zero-order valence-corrected chi connectivity index (χ0v) is 16.4. The Balaban J connectivity index is 1.51. The number of hydrazone groups is 1. The summed E-state index contributed by atoms with van der Waals surface area (Å²) in [5.41, 5.74) is 2.80. The van der Waals surface area contributed by atoms with Crippen LogP contribution in [0.3, 0.4) is 0 Å². The molecule has 0 fully saturated rings. The third-order valence-electron chi connectivity index (χ3n) is 3.94. The number of ether oxygens (including phenoxy) is 1. The summed E-state index contributed by atoms with van der Waals surface area (Å²) < 4.78 is 10.2. The molecule has 0 saturated carbocycles. The van der Waals surface area contributed by atoms with Gasteiger partial charge >= 0.3 is 5.97 Å². The quantitative estimate of drug-likeness (QED) is 0.181. The first-order valence-electron chi connectivity index (χ1n) is 9.12. The number of benzene rings is 2. The third kappa shape index (κ3) is 6.10. The highest BCUT2D eigenvalue weighted by molar-refractivity contribution is 5.94. The van der Waals surface area contributed by atoms with Crippen LogP contribution < -0.4 is 15.5 Å². The molecule has 0 saturated heterocycles. The average molecular weight is 436 g/mol. The van der Waals surface area contributed by atoms with Gasteiger partial charge in [-0.15, -0.1) is 0 Å². The molecule has 1 aromatic heterocycles. The van der Waals surface area contributed by atoms with E-state index in [1.165, 1.54) is 48.9 Å². The molecule has 11 nitrogen and oxygen atoms in total. The van der Waals surface area contributed by atoms with Gasteiger partial charge in [-0.05, 0) is 42.0 Å². The van der Waals surface area contributed by atoms with Gasteiger partial charge in [-0.1, -0.05) is 12.1 Å². The number of amides is 2. The summed E-state index contributed by atoms with van der Waals surface area (Å²) in [5, 5.41) is 16.8. The Morgan fingerprint density at radius 2 is 1.88 bits per heavy atom. The number of non-ortho nitro benzene ring substituents is 1. The third-order valence-corrected chi connectivity index (χ3v) is 3.94. The van der Waals surface area contributed by atoms with Gasteiger partial charge in [-0.3, -0.25) is 19.7 Å². The van der Waals surface area contributed by atoms with Crippen molar-refractivity contribution in [1.29, 1.82) is 0 Å². The highest BCUT2D eigenvalue weighted by Crippen LogP contribution is 2.16. The smallest absolute Gasteiger partial charge is 0.343 e. The van der Waals surface area contributed by atoms with E-state index in [1.807, 2.05) is 0 Å². The fourth-order valence-electron chi connectivity index (χ4n) is 2.42. The van der Waals surface area contributed by atoms with Crippen molar-refractivity contribution in [2.75, 3.05) is 6.54 Å². The molecule has 162 valence electrons. The predicted molar refractivity (Wildman–Crippen MR) is 111 cm³/mol. The second-order valence-electron chi connectivity index (χ2n) is 6.22. The van der Waals surface area contributed by atoms with E-state index in [9.17, 15) is 24.5 Å². The van der Waals surface area contributed by atoms with E-state index in [-0.39, 0.29) is 29.3 Å². The maximum absolute atomic E-state index is 12.2. The lowest BCUT2D eigenvalue weighted by Gasteiger charge is -2.05. The van der Waals surface area contributed by atoms with Gasteiger partial charge in [0.05, 0.1) is 29.5 Å². The monoisotopic (exact) mass is 436 g/mol. The molecule has 0 radical (unpaired) electrons. The van der Waals surface area contributed by atoms with E-state index in [0.29, 0.717) is 5.56 Å². The zero-order chi connectivity index (χ0) is 22.9. The van der Waals surface area contributed by atoms with E-state index in [4.69, 9.17) is 9.15 Å². The Labute approximate surface area is 180 Å². The Morgan fingerprint density at radius 1 is 1.09 bits per heavy atom. The number of carbonyl (C=O) groups is 3. The summed E-state index contributed by atoms with van der Waals surface area (Å²) in [7, 11) is 0. The van der Waals surface area contributed by atoms with Gasteiger partial charge < -0.3 is 14.5 Å². The predicted octanol–water partition coefficient (Wildman–Crippen LogP) is 2.29. The largest absolute Gasteiger partial charge is 0.459 e. The van der Waals surface area contributed by atoms with Crippen molar-refractivity contribution in [1.82, 2.24) is 10.7 Å². The minimum absolute atomic E-state index is 0.0846. The second kappa shape index (κ2) is 10.3. The van der Waals surface area contributed by atoms with Crippen LogP contribution in [-0.2, 0) is 4.79 Å². The molecule has 3 rings (SSSR count). The van der Waals surface area contributed by atoms with Crippen LogP contribution in [0.4, 0.5) is 5.69 Å². The first-order valence-corrected chi connectivity index (χ1v) is 9.12. The number of esters is 1. The molecule has 0 aliphatic heterocycles. The van der Waals surface area contributed by atoms with Crippen LogP contribution in [0, 0.1) is 10.1 Å². The molecule has 2 aromatic carbocycles. The molecule has 0 aliphatic carbocycles. The van der Waals surface area contributed by atoms with Crippen molar-refractivity contribution in [2.45, 2.75) is 0 Å². The highest BCUT2D eigenvalue weighted by Gasteiger charge is 2.12. The summed E-state index contributed by atoms with van der Waals surface area (Å²) in [6.07, 6.45) is 2.67. The lowest BCUT2D eigenvalue weighted by atomic mass is 10.2. The SMILES string of the molecule is O=C(CNC(=O)c1ccco1)N/N=C/c1cccc(OC(=O)c2ccc([N+](=O)[O-])cc2)c1. The summed E-state index contributed by atoms with van der Waals surface area (Å²) in [4.78, 5) is 45.8. The van der Waals surface area contributed by atoms with E-state index < -0.39 is 22.7 Å². The lowest BCUT2D eigenvalue weighted by Crippen LogP contribution is -2.34. The van der Waals surface area contributed by atoms with Gasteiger partial charge in [0.1, 0.15) is 5.75 Å². The van der Waals surface area contributed by atoms with Gasteiger partial charge in [0.15, 0.2) is 5.76 Å². The number of nitrogens with zero attached hydrogens (tertiary/aromatic N) is 2. The van der Waals surface area contributed by atoms with Gasteiger partial charge in [-0.25, -0.2) is 10.2 Å². The molecule has 1 heterocycles. The number of nitrogens with one attached hydrogen (secondary N) is 2. The molecular weight excluding hydrogens is 420 g/mol.